The fraction of sp³-hybridized carbons (Fsp3) is 0.818. The van der Waals surface area contributed by atoms with Crippen LogP contribution < -0.4 is 10.6 Å². The Hall–Kier alpha value is -1.14. The molecule has 0 spiro atoms. The molecule has 2 unspecified atom stereocenters. The summed E-state index contributed by atoms with van der Waals surface area (Å²) < 4.78 is 4.80. The van der Waals surface area contributed by atoms with Crippen molar-refractivity contribution in [3.8, 4) is 0 Å². The Morgan fingerprint density at radius 2 is 2.06 bits per heavy atom. The number of rotatable bonds is 8. The summed E-state index contributed by atoms with van der Waals surface area (Å²) in [5.74, 6) is -1.19. The number of carboxylic acids is 1. The maximum atomic E-state index is 11.6. The van der Waals surface area contributed by atoms with Crippen LogP contribution in [0.3, 0.4) is 0 Å². The van der Waals surface area contributed by atoms with Crippen molar-refractivity contribution >= 4 is 11.9 Å². The lowest BCUT2D eigenvalue weighted by molar-refractivity contribution is -0.145. The second-order valence-corrected chi connectivity index (χ2v) is 4.14. The number of hydrogen-bond acceptors (Lipinski definition) is 4. The van der Waals surface area contributed by atoms with Gasteiger partial charge in [0.1, 0.15) is 5.54 Å². The van der Waals surface area contributed by atoms with E-state index in [1.807, 2.05) is 0 Å². The van der Waals surface area contributed by atoms with E-state index in [2.05, 4.69) is 10.6 Å². The Balaban J connectivity index is 4.27. The SMILES string of the molecule is CCC(C)(NC(C)C(=O)NCCOC)C(=O)O. The van der Waals surface area contributed by atoms with E-state index in [-0.39, 0.29) is 5.91 Å². The Bertz CT molecular complexity index is 270. The molecule has 6 heteroatoms. The van der Waals surface area contributed by atoms with Crippen LogP contribution in [0, 0.1) is 0 Å². The van der Waals surface area contributed by atoms with Crippen molar-refractivity contribution in [2.24, 2.45) is 0 Å². The van der Waals surface area contributed by atoms with Crippen LogP contribution in [0.2, 0.25) is 0 Å². The topological polar surface area (TPSA) is 87.7 Å². The molecule has 1 amide bonds. The lowest BCUT2D eigenvalue weighted by Gasteiger charge is -2.28. The molecule has 0 saturated heterocycles. The largest absolute Gasteiger partial charge is 0.480 e. The molecule has 0 aliphatic rings. The highest BCUT2D eigenvalue weighted by Crippen LogP contribution is 2.10. The molecule has 3 N–H and O–H groups in total. The first kappa shape index (κ1) is 15.9. The number of carboxylic acid groups (broad SMARTS) is 1. The highest BCUT2D eigenvalue weighted by atomic mass is 16.5. The Labute approximate surface area is 102 Å². The van der Waals surface area contributed by atoms with Gasteiger partial charge in [0.25, 0.3) is 0 Å². The Kier molecular flexibility index (Phi) is 6.75. The predicted molar refractivity (Wildman–Crippen MR) is 63.8 cm³/mol. The molecule has 0 aromatic heterocycles. The maximum Gasteiger partial charge on any atom is 0.323 e. The van der Waals surface area contributed by atoms with Gasteiger partial charge >= 0.3 is 5.97 Å². The van der Waals surface area contributed by atoms with Crippen LogP contribution in [0.5, 0.6) is 0 Å². The molecule has 0 rings (SSSR count). The zero-order valence-electron chi connectivity index (χ0n) is 10.9. The minimum atomic E-state index is -1.09. The molecule has 0 aromatic carbocycles. The number of nitrogens with one attached hydrogen (secondary N) is 2. The van der Waals surface area contributed by atoms with Gasteiger partial charge in [0.15, 0.2) is 0 Å². The lowest BCUT2D eigenvalue weighted by atomic mass is 9.98. The summed E-state index contributed by atoms with van der Waals surface area (Å²) in [6.07, 6.45) is 0.401. The zero-order chi connectivity index (χ0) is 13.5. The van der Waals surface area contributed by atoms with Crippen molar-refractivity contribution in [3.05, 3.63) is 0 Å². The first-order valence-electron chi connectivity index (χ1n) is 5.65. The number of carbonyl (C=O) groups is 2. The fourth-order valence-corrected chi connectivity index (χ4v) is 1.29. The summed E-state index contributed by atoms with van der Waals surface area (Å²) in [7, 11) is 1.55. The number of amides is 1. The van der Waals surface area contributed by atoms with Gasteiger partial charge in [-0.25, -0.2) is 0 Å². The van der Waals surface area contributed by atoms with Crippen molar-refractivity contribution in [1.29, 1.82) is 0 Å². The van der Waals surface area contributed by atoms with Gasteiger partial charge < -0.3 is 15.2 Å². The van der Waals surface area contributed by atoms with E-state index in [4.69, 9.17) is 9.84 Å². The second-order valence-electron chi connectivity index (χ2n) is 4.14. The van der Waals surface area contributed by atoms with Crippen LogP contribution in [0.15, 0.2) is 0 Å². The van der Waals surface area contributed by atoms with Crippen LogP contribution in [0.1, 0.15) is 27.2 Å². The van der Waals surface area contributed by atoms with E-state index < -0.39 is 17.6 Å². The van der Waals surface area contributed by atoms with Crippen molar-refractivity contribution in [2.45, 2.75) is 38.8 Å². The molecule has 0 fully saturated rings. The van der Waals surface area contributed by atoms with Gasteiger partial charge in [0.2, 0.25) is 5.91 Å². The maximum absolute atomic E-state index is 11.6. The minimum absolute atomic E-state index is 0.233. The van der Waals surface area contributed by atoms with E-state index in [1.54, 1.807) is 27.9 Å². The number of carbonyl (C=O) groups excluding carboxylic acids is 1. The molecule has 0 aromatic rings. The summed E-state index contributed by atoms with van der Waals surface area (Å²) >= 11 is 0. The number of methoxy groups -OCH3 is 1. The molecular formula is C11H22N2O4. The van der Waals surface area contributed by atoms with Crippen LogP contribution in [0.4, 0.5) is 0 Å². The first-order valence-corrected chi connectivity index (χ1v) is 5.65. The molecular weight excluding hydrogens is 224 g/mol. The van der Waals surface area contributed by atoms with Gasteiger partial charge in [-0.05, 0) is 20.3 Å². The van der Waals surface area contributed by atoms with Crippen molar-refractivity contribution in [2.75, 3.05) is 20.3 Å². The summed E-state index contributed by atoms with van der Waals surface area (Å²) in [4.78, 5) is 22.7. The van der Waals surface area contributed by atoms with Gasteiger partial charge in [-0.2, -0.15) is 0 Å². The average molecular weight is 246 g/mol. The minimum Gasteiger partial charge on any atom is -0.480 e. The molecule has 0 heterocycles. The highest BCUT2D eigenvalue weighted by molar-refractivity contribution is 5.84. The Morgan fingerprint density at radius 3 is 2.47 bits per heavy atom. The number of hydrogen-bond donors (Lipinski definition) is 3. The summed E-state index contributed by atoms with van der Waals surface area (Å²) in [6, 6.07) is -0.562. The van der Waals surface area contributed by atoms with Crippen LogP contribution in [-0.2, 0) is 14.3 Å². The van der Waals surface area contributed by atoms with Crippen LogP contribution in [0.25, 0.3) is 0 Å². The smallest absolute Gasteiger partial charge is 0.323 e. The summed E-state index contributed by atoms with van der Waals surface area (Å²) in [6.45, 7) is 5.81. The van der Waals surface area contributed by atoms with Crippen LogP contribution in [-0.4, -0.2) is 48.8 Å². The number of aliphatic carboxylic acids is 1. The van der Waals surface area contributed by atoms with E-state index in [1.165, 1.54) is 0 Å². The quantitative estimate of drug-likeness (QED) is 0.524. The van der Waals surface area contributed by atoms with Gasteiger partial charge in [-0.15, -0.1) is 0 Å². The molecule has 0 radical (unpaired) electrons. The van der Waals surface area contributed by atoms with Gasteiger partial charge in [-0.1, -0.05) is 6.92 Å². The van der Waals surface area contributed by atoms with Gasteiger partial charge in [-0.3, -0.25) is 14.9 Å². The fourth-order valence-electron chi connectivity index (χ4n) is 1.29. The second kappa shape index (κ2) is 7.24. The van der Waals surface area contributed by atoms with Crippen molar-refractivity contribution < 1.29 is 19.4 Å². The van der Waals surface area contributed by atoms with E-state index >= 15 is 0 Å². The molecule has 17 heavy (non-hydrogen) atoms. The predicted octanol–water partition coefficient (Wildman–Crippen LogP) is -0.0196. The first-order chi connectivity index (χ1) is 7.87. The van der Waals surface area contributed by atoms with Crippen molar-refractivity contribution in [1.82, 2.24) is 10.6 Å². The summed E-state index contributed by atoms with van der Waals surface area (Å²) in [5.41, 5.74) is -1.09. The molecule has 100 valence electrons. The third-order valence-electron chi connectivity index (χ3n) is 2.71. The molecule has 0 aliphatic carbocycles. The third-order valence-corrected chi connectivity index (χ3v) is 2.71. The third kappa shape index (κ3) is 5.14. The molecule has 6 nitrogen and oxygen atoms in total. The monoisotopic (exact) mass is 246 g/mol. The van der Waals surface area contributed by atoms with Crippen LogP contribution >= 0.6 is 0 Å². The van der Waals surface area contributed by atoms with Gasteiger partial charge in [0.05, 0.1) is 12.6 Å². The number of ether oxygens (including phenoxy) is 1. The van der Waals surface area contributed by atoms with Crippen molar-refractivity contribution in [3.63, 3.8) is 0 Å². The van der Waals surface area contributed by atoms with E-state index in [0.717, 1.165) is 0 Å². The summed E-state index contributed by atoms with van der Waals surface area (Å²) in [5, 5.41) is 14.5. The molecule has 0 saturated carbocycles. The van der Waals surface area contributed by atoms with E-state index in [9.17, 15) is 9.59 Å². The average Bonchev–Trinajstić information content (AvgIpc) is 2.28. The molecule has 0 aliphatic heterocycles. The standard InChI is InChI=1S/C11H22N2O4/c1-5-11(3,10(15)16)13-8(2)9(14)12-6-7-17-4/h8,13H,5-7H2,1-4H3,(H,12,14)(H,15,16). The Morgan fingerprint density at radius 1 is 1.47 bits per heavy atom. The normalized spacial score (nSPS) is 16.0. The zero-order valence-corrected chi connectivity index (χ0v) is 10.9. The van der Waals surface area contributed by atoms with E-state index in [0.29, 0.717) is 19.6 Å². The van der Waals surface area contributed by atoms with Gasteiger partial charge in [0, 0.05) is 13.7 Å². The molecule has 2 atom stereocenters. The molecule has 0 bridgehead atoms. The lowest BCUT2D eigenvalue weighted by Crippen LogP contribution is -2.56. The highest BCUT2D eigenvalue weighted by Gasteiger charge is 2.33.